The molecular weight excluding hydrogens is 276 g/mol. The molecule has 0 aliphatic carbocycles. The maximum atomic E-state index is 12.4. The van der Waals surface area contributed by atoms with Crippen LogP contribution in [0.1, 0.15) is 39.3 Å². The Labute approximate surface area is 132 Å². The SMILES string of the molecule is CN(C(=O)C(C)(C)C)C1CCN(c2cccc(C#N)n2)CC1. The lowest BCUT2D eigenvalue weighted by Crippen LogP contribution is -2.48. The number of nitrogens with zero attached hydrogens (tertiary/aromatic N) is 4. The van der Waals surface area contributed by atoms with Crippen LogP contribution in [0.15, 0.2) is 18.2 Å². The highest BCUT2D eigenvalue weighted by molar-refractivity contribution is 5.81. The minimum absolute atomic E-state index is 0.190. The fraction of sp³-hybridized carbons (Fsp3) is 0.588. The summed E-state index contributed by atoms with van der Waals surface area (Å²) < 4.78 is 0. The van der Waals surface area contributed by atoms with Crippen LogP contribution >= 0.6 is 0 Å². The van der Waals surface area contributed by atoms with Gasteiger partial charge >= 0.3 is 0 Å². The van der Waals surface area contributed by atoms with Crippen molar-refractivity contribution < 1.29 is 4.79 Å². The normalized spacial score (nSPS) is 16.2. The largest absolute Gasteiger partial charge is 0.356 e. The van der Waals surface area contributed by atoms with Gasteiger partial charge in [0.1, 0.15) is 17.6 Å². The summed E-state index contributed by atoms with van der Waals surface area (Å²) in [6.07, 6.45) is 1.85. The first-order valence-corrected chi connectivity index (χ1v) is 7.72. The zero-order chi connectivity index (χ0) is 16.3. The molecule has 1 aliphatic heterocycles. The van der Waals surface area contributed by atoms with Gasteiger partial charge in [-0.3, -0.25) is 4.79 Å². The maximum absolute atomic E-state index is 12.4. The molecule has 0 spiro atoms. The maximum Gasteiger partial charge on any atom is 0.227 e. The molecule has 0 bridgehead atoms. The summed E-state index contributed by atoms with van der Waals surface area (Å²) in [4.78, 5) is 20.8. The molecule has 5 heteroatoms. The second kappa shape index (κ2) is 6.35. The topological polar surface area (TPSA) is 60.2 Å². The Morgan fingerprint density at radius 3 is 2.55 bits per heavy atom. The second-order valence-electron chi connectivity index (χ2n) is 6.88. The van der Waals surface area contributed by atoms with Crippen LogP contribution in [0.2, 0.25) is 0 Å². The van der Waals surface area contributed by atoms with Crippen LogP contribution in [0.4, 0.5) is 5.82 Å². The van der Waals surface area contributed by atoms with Gasteiger partial charge in [-0.1, -0.05) is 26.8 Å². The average molecular weight is 300 g/mol. The minimum atomic E-state index is -0.339. The standard InChI is InChI=1S/C17H24N4O/c1-17(2,3)16(22)20(4)14-8-10-21(11-9-14)15-7-5-6-13(12-18)19-15/h5-7,14H,8-11H2,1-4H3. The van der Waals surface area contributed by atoms with E-state index in [1.807, 2.05) is 44.9 Å². The van der Waals surface area contributed by atoms with Gasteiger partial charge in [-0.25, -0.2) is 4.98 Å². The number of nitriles is 1. The monoisotopic (exact) mass is 300 g/mol. The van der Waals surface area contributed by atoms with Gasteiger partial charge in [0.05, 0.1) is 0 Å². The number of anilines is 1. The van der Waals surface area contributed by atoms with Gasteiger partial charge < -0.3 is 9.80 Å². The van der Waals surface area contributed by atoms with Crippen molar-refractivity contribution in [1.29, 1.82) is 5.26 Å². The van der Waals surface area contributed by atoms with E-state index in [4.69, 9.17) is 5.26 Å². The number of pyridine rings is 1. The first kappa shape index (κ1) is 16.3. The first-order valence-electron chi connectivity index (χ1n) is 7.72. The molecule has 0 saturated carbocycles. The van der Waals surface area contributed by atoms with Crippen molar-refractivity contribution in [2.24, 2.45) is 5.41 Å². The van der Waals surface area contributed by atoms with Gasteiger partial charge in [0.2, 0.25) is 5.91 Å². The van der Waals surface area contributed by atoms with Crippen LogP contribution in [0, 0.1) is 16.7 Å². The van der Waals surface area contributed by atoms with Crippen molar-refractivity contribution in [2.45, 2.75) is 39.7 Å². The summed E-state index contributed by atoms with van der Waals surface area (Å²) in [5.74, 6) is 1.04. The van der Waals surface area contributed by atoms with E-state index in [1.54, 1.807) is 6.07 Å². The molecule has 1 amide bonds. The molecule has 5 nitrogen and oxygen atoms in total. The lowest BCUT2D eigenvalue weighted by molar-refractivity contribution is -0.140. The number of carbonyl (C=O) groups is 1. The second-order valence-corrected chi connectivity index (χ2v) is 6.88. The van der Waals surface area contributed by atoms with Gasteiger partial charge in [-0.2, -0.15) is 5.26 Å². The third kappa shape index (κ3) is 3.56. The van der Waals surface area contributed by atoms with Crippen LogP contribution < -0.4 is 4.90 Å². The molecule has 0 radical (unpaired) electrons. The van der Waals surface area contributed by atoms with Gasteiger partial charge in [0.25, 0.3) is 0 Å². The molecule has 1 aliphatic rings. The fourth-order valence-corrected chi connectivity index (χ4v) is 2.84. The highest BCUT2D eigenvalue weighted by Crippen LogP contribution is 2.24. The Kier molecular flexibility index (Phi) is 4.70. The number of rotatable bonds is 2. The zero-order valence-corrected chi connectivity index (χ0v) is 13.8. The van der Waals surface area contributed by atoms with Crippen molar-refractivity contribution in [3.63, 3.8) is 0 Å². The quantitative estimate of drug-likeness (QED) is 0.841. The first-order chi connectivity index (χ1) is 10.3. The van der Waals surface area contributed by atoms with Crippen molar-refractivity contribution in [3.8, 4) is 6.07 Å². The molecule has 0 N–H and O–H groups in total. The van der Waals surface area contributed by atoms with Crippen molar-refractivity contribution >= 4 is 11.7 Å². The molecule has 118 valence electrons. The zero-order valence-electron chi connectivity index (χ0n) is 13.8. The highest BCUT2D eigenvalue weighted by Gasteiger charge is 2.31. The smallest absolute Gasteiger partial charge is 0.227 e. The summed E-state index contributed by atoms with van der Waals surface area (Å²) in [5, 5.41) is 8.94. The summed E-state index contributed by atoms with van der Waals surface area (Å²) in [7, 11) is 1.91. The Bertz CT molecular complexity index is 577. The molecule has 2 rings (SSSR count). The summed E-state index contributed by atoms with van der Waals surface area (Å²) in [5.41, 5.74) is 0.105. The van der Waals surface area contributed by atoms with Crippen molar-refractivity contribution in [3.05, 3.63) is 23.9 Å². The lowest BCUT2D eigenvalue weighted by Gasteiger charge is -2.39. The fourth-order valence-electron chi connectivity index (χ4n) is 2.84. The van der Waals surface area contributed by atoms with E-state index >= 15 is 0 Å². The molecular formula is C17H24N4O. The third-order valence-corrected chi connectivity index (χ3v) is 4.15. The van der Waals surface area contributed by atoms with Gasteiger partial charge in [-0.15, -0.1) is 0 Å². The molecule has 1 aromatic heterocycles. The van der Waals surface area contributed by atoms with Crippen LogP contribution in [0.25, 0.3) is 0 Å². The molecule has 1 saturated heterocycles. The summed E-state index contributed by atoms with van der Waals surface area (Å²) in [6, 6.07) is 7.87. The van der Waals surface area contributed by atoms with E-state index in [1.165, 1.54) is 0 Å². The molecule has 0 unspecified atom stereocenters. The number of hydrogen-bond acceptors (Lipinski definition) is 4. The Morgan fingerprint density at radius 1 is 1.36 bits per heavy atom. The Hall–Kier alpha value is -2.09. The summed E-state index contributed by atoms with van der Waals surface area (Å²) >= 11 is 0. The highest BCUT2D eigenvalue weighted by atomic mass is 16.2. The van der Waals surface area contributed by atoms with Crippen molar-refractivity contribution in [2.75, 3.05) is 25.0 Å². The Balaban J connectivity index is 1.98. The van der Waals surface area contributed by atoms with E-state index in [0.29, 0.717) is 5.69 Å². The third-order valence-electron chi connectivity index (χ3n) is 4.15. The predicted molar refractivity (Wildman–Crippen MR) is 86.4 cm³/mol. The summed E-state index contributed by atoms with van der Waals surface area (Å²) in [6.45, 7) is 7.58. The van der Waals surface area contributed by atoms with Crippen LogP contribution in [0.3, 0.4) is 0 Å². The van der Waals surface area contributed by atoms with Crippen LogP contribution in [0.5, 0.6) is 0 Å². The molecule has 0 atom stereocenters. The number of carbonyl (C=O) groups excluding carboxylic acids is 1. The van der Waals surface area contributed by atoms with Gasteiger partial charge in [0, 0.05) is 31.6 Å². The van der Waals surface area contributed by atoms with Crippen molar-refractivity contribution in [1.82, 2.24) is 9.88 Å². The van der Waals surface area contributed by atoms with Crippen LogP contribution in [-0.2, 0) is 4.79 Å². The van der Waals surface area contributed by atoms with E-state index in [2.05, 4.69) is 16.0 Å². The molecule has 1 fully saturated rings. The minimum Gasteiger partial charge on any atom is -0.356 e. The Morgan fingerprint density at radius 2 is 2.00 bits per heavy atom. The van der Waals surface area contributed by atoms with E-state index in [9.17, 15) is 4.79 Å². The molecule has 22 heavy (non-hydrogen) atoms. The average Bonchev–Trinajstić information content (AvgIpc) is 2.53. The number of piperidine rings is 1. The predicted octanol–water partition coefficient (Wildman–Crippen LogP) is 2.43. The van der Waals surface area contributed by atoms with Gasteiger partial charge in [0.15, 0.2) is 0 Å². The number of amides is 1. The number of aromatic nitrogens is 1. The van der Waals surface area contributed by atoms with Crippen LogP contribution in [-0.4, -0.2) is 42.0 Å². The van der Waals surface area contributed by atoms with E-state index < -0.39 is 0 Å². The molecule has 0 aromatic carbocycles. The van der Waals surface area contributed by atoms with E-state index in [0.717, 1.165) is 31.7 Å². The van der Waals surface area contributed by atoms with E-state index in [-0.39, 0.29) is 17.4 Å². The number of hydrogen-bond donors (Lipinski definition) is 0. The van der Waals surface area contributed by atoms with Gasteiger partial charge in [-0.05, 0) is 25.0 Å². The molecule has 2 heterocycles. The molecule has 1 aromatic rings. The lowest BCUT2D eigenvalue weighted by atomic mass is 9.92.